The Bertz CT molecular complexity index is 661. The third-order valence-electron chi connectivity index (χ3n) is 3.34. The van der Waals surface area contributed by atoms with Crippen LogP contribution in [-0.2, 0) is 10.0 Å². The summed E-state index contributed by atoms with van der Waals surface area (Å²) in [7, 11) is -3.47. The first-order chi connectivity index (χ1) is 9.09. The van der Waals surface area contributed by atoms with Crippen molar-refractivity contribution in [3.63, 3.8) is 0 Å². The highest BCUT2D eigenvalue weighted by molar-refractivity contribution is 7.89. The number of rotatable bonds is 3. The fraction of sp³-hybridized carbons (Fsp3) is 0.417. The van der Waals surface area contributed by atoms with Crippen LogP contribution in [0.2, 0.25) is 0 Å². The molecule has 0 saturated carbocycles. The first kappa shape index (κ1) is 12.8. The van der Waals surface area contributed by atoms with E-state index < -0.39 is 10.0 Å². The van der Waals surface area contributed by atoms with Crippen molar-refractivity contribution < 1.29 is 8.42 Å². The van der Waals surface area contributed by atoms with Crippen LogP contribution in [-0.4, -0.2) is 29.2 Å². The van der Waals surface area contributed by atoms with Crippen LogP contribution >= 0.6 is 11.3 Å². The number of nitrogens with zero attached hydrogens (tertiary/aromatic N) is 2. The van der Waals surface area contributed by atoms with Gasteiger partial charge in [-0.15, -0.1) is 11.3 Å². The summed E-state index contributed by atoms with van der Waals surface area (Å²) in [5.41, 5.74) is 0. The minimum atomic E-state index is -3.47. The summed E-state index contributed by atoms with van der Waals surface area (Å²) in [5.74, 6) is 0.616. The molecule has 1 saturated heterocycles. The smallest absolute Gasteiger partial charge is 0.260 e. The van der Waals surface area contributed by atoms with Crippen LogP contribution in [0.3, 0.4) is 0 Å². The standard InChI is InChI=1S/C12H15N3O2S2/c1-9-13-8-12(14-9)19(16,17)15-6-2-4-10(15)11-5-3-7-18-11/h3,5,7-8,10H,2,4,6H2,1H3,(H,13,14). The molecule has 0 aromatic carbocycles. The van der Waals surface area contributed by atoms with Crippen molar-refractivity contribution in [3.8, 4) is 0 Å². The molecular formula is C12H15N3O2S2. The summed E-state index contributed by atoms with van der Waals surface area (Å²) < 4.78 is 26.8. The Balaban J connectivity index is 1.96. The third kappa shape index (κ3) is 2.22. The highest BCUT2D eigenvalue weighted by atomic mass is 32.2. The molecule has 2 aromatic heterocycles. The summed E-state index contributed by atoms with van der Waals surface area (Å²) in [6.45, 7) is 2.32. The number of hydrogen-bond acceptors (Lipinski definition) is 4. The van der Waals surface area contributed by atoms with Crippen LogP contribution in [0.25, 0.3) is 0 Å². The van der Waals surface area contributed by atoms with Crippen molar-refractivity contribution in [2.24, 2.45) is 0 Å². The molecule has 3 rings (SSSR count). The van der Waals surface area contributed by atoms with Crippen LogP contribution in [0, 0.1) is 6.92 Å². The monoisotopic (exact) mass is 297 g/mol. The van der Waals surface area contributed by atoms with E-state index >= 15 is 0 Å². The summed E-state index contributed by atoms with van der Waals surface area (Å²) >= 11 is 1.61. The lowest BCUT2D eigenvalue weighted by Crippen LogP contribution is -2.30. The SMILES string of the molecule is Cc1ncc(S(=O)(=O)N2CCCC2c2cccs2)[nH]1. The van der Waals surface area contributed by atoms with Crippen LogP contribution in [0.1, 0.15) is 29.6 Å². The highest BCUT2D eigenvalue weighted by Crippen LogP contribution is 2.37. The molecule has 1 aliphatic rings. The maximum atomic E-state index is 12.6. The molecule has 1 aliphatic heterocycles. The van der Waals surface area contributed by atoms with E-state index in [1.807, 2.05) is 17.5 Å². The number of sulfonamides is 1. The quantitative estimate of drug-likeness (QED) is 0.945. The van der Waals surface area contributed by atoms with Gasteiger partial charge in [-0.25, -0.2) is 13.4 Å². The van der Waals surface area contributed by atoms with E-state index in [1.165, 1.54) is 6.20 Å². The summed E-state index contributed by atoms with van der Waals surface area (Å²) in [6.07, 6.45) is 3.18. The summed E-state index contributed by atoms with van der Waals surface area (Å²) in [4.78, 5) is 7.91. The second-order valence-electron chi connectivity index (χ2n) is 4.62. The number of aromatic amines is 1. The van der Waals surface area contributed by atoms with Gasteiger partial charge in [0.15, 0.2) is 5.03 Å². The second-order valence-corrected chi connectivity index (χ2v) is 7.46. The molecule has 0 amide bonds. The Morgan fingerprint density at radius 1 is 1.53 bits per heavy atom. The van der Waals surface area contributed by atoms with E-state index in [0.717, 1.165) is 17.7 Å². The minimum absolute atomic E-state index is 0.0337. The average molecular weight is 297 g/mol. The van der Waals surface area contributed by atoms with E-state index in [9.17, 15) is 8.42 Å². The topological polar surface area (TPSA) is 66.1 Å². The van der Waals surface area contributed by atoms with Gasteiger partial charge in [0.2, 0.25) is 0 Å². The fourth-order valence-electron chi connectivity index (χ4n) is 2.45. The van der Waals surface area contributed by atoms with Gasteiger partial charge >= 0.3 is 0 Å². The molecule has 0 bridgehead atoms. The van der Waals surface area contributed by atoms with Gasteiger partial charge in [-0.3, -0.25) is 0 Å². The highest BCUT2D eigenvalue weighted by Gasteiger charge is 2.37. The minimum Gasteiger partial charge on any atom is -0.332 e. The van der Waals surface area contributed by atoms with Crippen molar-refractivity contribution in [2.45, 2.75) is 30.8 Å². The number of aromatic nitrogens is 2. The van der Waals surface area contributed by atoms with Crippen LogP contribution in [0.4, 0.5) is 0 Å². The molecule has 0 aliphatic carbocycles. The van der Waals surface area contributed by atoms with Gasteiger partial charge in [-0.1, -0.05) is 6.07 Å². The summed E-state index contributed by atoms with van der Waals surface area (Å²) in [5, 5.41) is 2.17. The lowest BCUT2D eigenvalue weighted by molar-refractivity contribution is 0.399. The van der Waals surface area contributed by atoms with E-state index in [0.29, 0.717) is 12.4 Å². The van der Waals surface area contributed by atoms with Crippen LogP contribution < -0.4 is 0 Å². The Hall–Kier alpha value is -1.18. The zero-order chi connectivity index (χ0) is 13.5. The number of H-pyrrole nitrogens is 1. The molecule has 2 aromatic rings. The predicted octanol–water partition coefficient (Wildman–Crippen LogP) is 2.31. The Kier molecular flexibility index (Phi) is 3.20. The fourth-order valence-corrected chi connectivity index (χ4v) is 5.03. The first-order valence-electron chi connectivity index (χ1n) is 6.16. The molecule has 1 fully saturated rings. The van der Waals surface area contributed by atoms with E-state index in [2.05, 4.69) is 9.97 Å². The van der Waals surface area contributed by atoms with Gasteiger partial charge in [0.05, 0.1) is 12.2 Å². The number of nitrogens with one attached hydrogen (secondary N) is 1. The lowest BCUT2D eigenvalue weighted by Gasteiger charge is -2.22. The lowest BCUT2D eigenvalue weighted by atomic mass is 10.2. The Morgan fingerprint density at radius 2 is 2.37 bits per heavy atom. The van der Waals surface area contributed by atoms with E-state index in [-0.39, 0.29) is 11.1 Å². The molecule has 1 N–H and O–H groups in total. The number of hydrogen-bond donors (Lipinski definition) is 1. The molecule has 5 nitrogen and oxygen atoms in total. The molecule has 0 radical (unpaired) electrons. The normalized spacial score (nSPS) is 21.0. The molecule has 19 heavy (non-hydrogen) atoms. The van der Waals surface area contributed by atoms with Crippen molar-refractivity contribution >= 4 is 21.4 Å². The van der Waals surface area contributed by atoms with Gasteiger partial charge < -0.3 is 4.98 Å². The molecule has 3 heterocycles. The van der Waals surface area contributed by atoms with Gasteiger partial charge in [-0.2, -0.15) is 4.31 Å². The molecule has 7 heteroatoms. The van der Waals surface area contributed by atoms with Gasteiger partial charge in [0.1, 0.15) is 5.82 Å². The second kappa shape index (κ2) is 4.73. The Labute approximate surface area is 116 Å². The molecule has 1 unspecified atom stereocenters. The summed E-state index contributed by atoms with van der Waals surface area (Å²) in [6, 6.07) is 3.93. The average Bonchev–Trinajstić information content (AvgIpc) is 3.09. The zero-order valence-corrected chi connectivity index (χ0v) is 12.2. The predicted molar refractivity (Wildman–Crippen MR) is 73.5 cm³/mol. The number of aryl methyl sites for hydroxylation is 1. The van der Waals surface area contributed by atoms with E-state index in [1.54, 1.807) is 22.6 Å². The largest absolute Gasteiger partial charge is 0.332 e. The van der Waals surface area contributed by atoms with Crippen molar-refractivity contribution in [2.75, 3.05) is 6.54 Å². The number of imidazole rings is 1. The van der Waals surface area contributed by atoms with E-state index in [4.69, 9.17) is 0 Å². The van der Waals surface area contributed by atoms with Gasteiger partial charge in [0.25, 0.3) is 10.0 Å². The molecule has 1 atom stereocenters. The molecule has 102 valence electrons. The zero-order valence-electron chi connectivity index (χ0n) is 10.5. The maximum Gasteiger partial charge on any atom is 0.260 e. The first-order valence-corrected chi connectivity index (χ1v) is 8.48. The van der Waals surface area contributed by atoms with Gasteiger partial charge in [0, 0.05) is 11.4 Å². The van der Waals surface area contributed by atoms with Crippen molar-refractivity contribution in [3.05, 3.63) is 34.4 Å². The van der Waals surface area contributed by atoms with Crippen LogP contribution in [0.5, 0.6) is 0 Å². The number of thiophene rings is 1. The Morgan fingerprint density at radius 3 is 3.00 bits per heavy atom. The maximum absolute atomic E-state index is 12.6. The van der Waals surface area contributed by atoms with Crippen molar-refractivity contribution in [1.29, 1.82) is 0 Å². The molecule has 0 spiro atoms. The van der Waals surface area contributed by atoms with Gasteiger partial charge in [-0.05, 0) is 31.2 Å². The third-order valence-corrected chi connectivity index (χ3v) is 6.13. The van der Waals surface area contributed by atoms with Crippen LogP contribution in [0.15, 0.2) is 28.7 Å². The van der Waals surface area contributed by atoms with Crippen molar-refractivity contribution in [1.82, 2.24) is 14.3 Å². The molecular weight excluding hydrogens is 282 g/mol.